The van der Waals surface area contributed by atoms with E-state index in [1.807, 2.05) is 0 Å². The van der Waals surface area contributed by atoms with E-state index in [-0.39, 0.29) is 11.4 Å². The molecule has 0 aliphatic rings. The minimum absolute atomic E-state index is 0.105. The second-order valence-electron chi connectivity index (χ2n) is 2.98. The minimum Gasteiger partial charge on any atom is -0.477 e. The fourth-order valence-electron chi connectivity index (χ4n) is 1.03. The second kappa shape index (κ2) is 5.11. The van der Waals surface area contributed by atoms with Gasteiger partial charge in [0, 0.05) is 17.5 Å². The van der Waals surface area contributed by atoms with Gasteiger partial charge < -0.3 is 15.3 Å². The summed E-state index contributed by atoms with van der Waals surface area (Å²) in [5, 5.41) is 27.4. The molecule has 1 rings (SSSR count). The Morgan fingerprint density at radius 1 is 1.47 bits per heavy atom. The number of aromatic carboxylic acids is 1. The van der Waals surface area contributed by atoms with Gasteiger partial charge >= 0.3 is 5.97 Å². The van der Waals surface area contributed by atoms with Crippen molar-refractivity contribution in [3.05, 3.63) is 29.6 Å². The number of thiol groups is 1. The predicted octanol–water partition coefficient (Wildman–Crippen LogP) is 0.104. The summed E-state index contributed by atoms with van der Waals surface area (Å²) >= 11 is 3.83. The second-order valence-corrected chi connectivity index (χ2v) is 3.34. The molecule has 1 aromatic rings. The van der Waals surface area contributed by atoms with Crippen molar-refractivity contribution < 1.29 is 20.1 Å². The SMILES string of the molecule is O=C(O)c1ccc(C(O)C(O)CS)cn1. The summed E-state index contributed by atoms with van der Waals surface area (Å²) in [4.78, 5) is 14.1. The van der Waals surface area contributed by atoms with E-state index in [4.69, 9.17) is 5.11 Å². The molecule has 0 bridgehead atoms. The van der Waals surface area contributed by atoms with E-state index in [0.717, 1.165) is 0 Å². The predicted molar refractivity (Wildman–Crippen MR) is 56.0 cm³/mol. The molecule has 5 nitrogen and oxygen atoms in total. The molecule has 82 valence electrons. The lowest BCUT2D eigenvalue weighted by Crippen LogP contribution is -2.20. The standard InChI is InChI=1S/C9H11NO4S/c11-7(4-15)8(12)5-1-2-6(9(13)14)10-3-5/h1-3,7-8,11-12,15H,4H2,(H,13,14). The molecule has 0 fully saturated rings. The van der Waals surface area contributed by atoms with Gasteiger partial charge in [0.05, 0.1) is 6.10 Å². The van der Waals surface area contributed by atoms with Crippen molar-refractivity contribution in [2.24, 2.45) is 0 Å². The highest BCUT2D eigenvalue weighted by Gasteiger charge is 2.17. The maximum absolute atomic E-state index is 10.5. The zero-order chi connectivity index (χ0) is 11.4. The monoisotopic (exact) mass is 229 g/mol. The molecule has 3 N–H and O–H groups in total. The molecule has 0 saturated heterocycles. The molecule has 0 aromatic carbocycles. The fraction of sp³-hybridized carbons (Fsp3) is 0.333. The Bertz CT molecular complexity index is 340. The normalized spacial score (nSPS) is 14.6. The highest BCUT2D eigenvalue weighted by Crippen LogP contribution is 2.16. The van der Waals surface area contributed by atoms with Crippen molar-refractivity contribution in [1.29, 1.82) is 0 Å². The van der Waals surface area contributed by atoms with Crippen LogP contribution >= 0.6 is 12.6 Å². The van der Waals surface area contributed by atoms with E-state index in [0.29, 0.717) is 5.56 Å². The van der Waals surface area contributed by atoms with Gasteiger partial charge in [-0.1, -0.05) is 6.07 Å². The van der Waals surface area contributed by atoms with Gasteiger partial charge in [-0.2, -0.15) is 12.6 Å². The van der Waals surface area contributed by atoms with Crippen molar-refractivity contribution in [2.45, 2.75) is 12.2 Å². The number of carbonyl (C=O) groups is 1. The van der Waals surface area contributed by atoms with Gasteiger partial charge in [-0.15, -0.1) is 0 Å². The molecule has 0 spiro atoms. The first-order valence-corrected chi connectivity index (χ1v) is 4.85. The van der Waals surface area contributed by atoms with Crippen LogP contribution in [0.1, 0.15) is 22.2 Å². The van der Waals surface area contributed by atoms with Crippen LogP contribution in [0.3, 0.4) is 0 Å². The van der Waals surface area contributed by atoms with Crippen LogP contribution in [0.5, 0.6) is 0 Å². The van der Waals surface area contributed by atoms with Crippen LogP contribution in [-0.4, -0.2) is 38.1 Å². The fourth-order valence-corrected chi connectivity index (χ4v) is 1.23. The van der Waals surface area contributed by atoms with Crippen LogP contribution in [0.4, 0.5) is 0 Å². The van der Waals surface area contributed by atoms with E-state index in [9.17, 15) is 15.0 Å². The Balaban J connectivity index is 2.84. The summed E-state index contributed by atoms with van der Waals surface area (Å²) in [5.74, 6) is -1.02. The van der Waals surface area contributed by atoms with Crippen LogP contribution in [0.25, 0.3) is 0 Å². The average molecular weight is 229 g/mol. The molecule has 1 heterocycles. The van der Waals surface area contributed by atoms with E-state index in [2.05, 4.69) is 17.6 Å². The summed E-state index contributed by atoms with van der Waals surface area (Å²) < 4.78 is 0. The van der Waals surface area contributed by atoms with Gasteiger partial charge in [-0.25, -0.2) is 9.78 Å². The van der Waals surface area contributed by atoms with Gasteiger partial charge in [0.15, 0.2) is 0 Å². The lowest BCUT2D eigenvalue weighted by molar-refractivity contribution is 0.0335. The van der Waals surface area contributed by atoms with E-state index in [1.165, 1.54) is 18.3 Å². The van der Waals surface area contributed by atoms with Crippen LogP contribution in [0.2, 0.25) is 0 Å². The third-order valence-corrected chi connectivity index (χ3v) is 2.27. The molecule has 2 unspecified atom stereocenters. The first-order valence-electron chi connectivity index (χ1n) is 4.22. The lowest BCUT2D eigenvalue weighted by atomic mass is 10.1. The van der Waals surface area contributed by atoms with E-state index < -0.39 is 18.2 Å². The third-order valence-electron chi connectivity index (χ3n) is 1.90. The van der Waals surface area contributed by atoms with Gasteiger partial charge in [0.1, 0.15) is 11.8 Å². The average Bonchev–Trinajstić information content (AvgIpc) is 2.27. The number of aliphatic hydroxyl groups excluding tert-OH is 2. The van der Waals surface area contributed by atoms with E-state index in [1.54, 1.807) is 0 Å². The number of rotatable bonds is 4. The maximum Gasteiger partial charge on any atom is 0.354 e. The van der Waals surface area contributed by atoms with Crippen LogP contribution < -0.4 is 0 Å². The van der Waals surface area contributed by atoms with E-state index >= 15 is 0 Å². The number of hydrogen-bond donors (Lipinski definition) is 4. The summed E-state index contributed by atoms with van der Waals surface area (Å²) in [6, 6.07) is 2.68. The zero-order valence-electron chi connectivity index (χ0n) is 7.74. The number of pyridine rings is 1. The molecule has 0 saturated carbocycles. The Kier molecular flexibility index (Phi) is 4.07. The molecular formula is C9H11NO4S. The van der Waals surface area contributed by atoms with Gasteiger partial charge in [-0.3, -0.25) is 0 Å². The number of aliphatic hydroxyl groups is 2. The number of hydrogen-bond acceptors (Lipinski definition) is 5. The van der Waals surface area contributed by atoms with Crippen LogP contribution in [0.15, 0.2) is 18.3 Å². The van der Waals surface area contributed by atoms with Crippen molar-refractivity contribution in [1.82, 2.24) is 4.98 Å². The quantitative estimate of drug-likeness (QED) is 0.550. The Morgan fingerprint density at radius 2 is 2.13 bits per heavy atom. The maximum atomic E-state index is 10.5. The number of nitrogens with zero attached hydrogens (tertiary/aromatic N) is 1. The molecule has 0 amide bonds. The van der Waals surface area contributed by atoms with Gasteiger partial charge in [0.2, 0.25) is 0 Å². The Hall–Kier alpha value is -1.11. The Labute approximate surface area is 91.8 Å². The number of carboxylic acid groups (broad SMARTS) is 1. The minimum atomic E-state index is -1.13. The summed E-state index contributed by atoms with van der Waals surface area (Å²) in [6.07, 6.45) is -0.871. The lowest BCUT2D eigenvalue weighted by Gasteiger charge is -2.15. The topological polar surface area (TPSA) is 90.7 Å². The van der Waals surface area contributed by atoms with Crippen LogP contribution in [-0.2, 0) is 0 Å². The molecule has 2 atom stereocenters. The van der Waals surface area contributed by atoms with Crippen molar-refractivity contribution in [3.8, 4) is 0 Å². The van der Waals surface area contributed by atoms with Crippen LogP contribution in [0, 0.1) is 0 Å². The van der Waals surface area contributed by atoms with Crippen molar-refractivity contribution >= 4 is 18.6 Å². The van der Waals surface area contributed by atoms with Gasteiger partial charge in [-0.05, 0) is 6.07 Å². The largest absolute Gasteiger partial charge is 0.477 e. The summed E-state index contributed by atoms with van der Waals surface area (Å²) in [5.41, 5.74) is 0.257. The number of aromatic nitrogens is 1. The van der Waals surface area contributed by atoms with Gasteiger partial charge in [0.25, 0.3) is 0 Å². The summed E-state index contributed by atoms with van der Waals surface area (Å²) in [6.45, 7) is 0. The highest BCUT2D eigenvalue weighted by molar-refractivity contribution is 7.80. The first kappa shape index (κ1) is 12.0. The highest BCUT2D eigenvalue weighted by atomic mass is 32.1. The molecule has 0 aliphatic carbocycles. The van der Waals surface area contributed by atoms with Crippen molar-refractivity contribution in [2.75, 3.05) is 5.75 Å². The molecule has 0 radical (unpaired) electrons. The molecule has 1 aromatic heterocycles. The molecular weight excluding hydrogens is 218 g/mol. The Morgan fingerprint density at radius 3 is 2.53 bits per heavy atom. The molecule has 15 heavy (non-hydrogen) atoms. The third kappa shape index (κ3) is 2.92. The smallest absolute Gasteiger partial charge is 0.354 e. The zero-order valence-corrected chi connectivity index (χ0v) is 8.63. The molecule has 6 heteroatoms. The molecule has 0 aliphatic heterocycles. The summed E-state index contributed by atoms with van der Waals surface area (Å²) in [7, 11) is 0. The first-order chi connectivity index (χ1) is 7.06. The number of carboxylic acids is 1. The van der Waals surface area contributed by atoms with Crippen molar-refractivity contribution in [3.63, 3.8) is 0 Å².